The predicted octanol–water partition coefficient (Wildman–Crippen LogP) is 0.435. The van der Waals surface area contributed by atoms with Crippen LogP contribution < -0.4 is 11.3 Å². The van der Waals surface area contributed by atoms with Gasteiger partial charge in [-0.2, -0.15) is 5.10 Å². The summed E-state index contributed by atoms with van der Waals surface area (Å²) in [6, 6.07) is -0.0657. The maximum atomic E-state index is 5.32. The van der Waals surface area contributed by atoms with Gasteiger partial charge in [-0.1, -0.05) is 5.92 Å². The summed E-state index contributed by atoms with van der Waals surface area (Å²) in [6.45, 7) is 4.08. The maximum Gasteiger partial charge on any atom is 0.0818 e. The molecule has 82 valence electrons. The average Bonchev–Trinajstić information content (AvgIpc) is 2.45. The zero-order valence-electron chi connectivity index (χ0n) is 9.54. The number of nitrogens with one attached hydrogen (secondary N) is 1. The van der Waals surface area contributed by atoms with Gasteiger partial charge in [-0.3, -0.25) is 10.5 Å². The lowest BCUT2D eigenvalue weighted by atomic mass is 10.0. The molecule has 0 bridgehead atoms. The highest BCUT2D eigenvalue weighted by Crippen LogP contribution is 2.14. The molecular formula is C11H18N4. The summed E-state index contributed by atoms with van der Waals surface area (Å²) < 4.78 is 1.89. The molecule has 1 heterocycles. The monoisotopic (exact) mass is 206 g/mol. The lowest BCUT2D eigenvalue weighted by Crippen LogP contribution is -2.34. The normalized spacial score (nSPS) is 12.5. The molecule has 0 saturated heterocycles. The van der Waals surface area contributed by atoms with Gasteiger partial charge in [-0.15, -0.1) is 6.42 Å². The minimum atomic E-state index is -0.0657. The van der Waals surface area contributed by atoms with Crippen molar-refractivity contribution < 1.29 is 0 Å². The van der Waals surface area contributed by atoms with Crippen LogP contribution >= 0.6 is 0 Å². The van der Waals surface area contributed by atoms with Crippen LogP contribution in [-0.2, 0) is 13.5 Å². The molecule has 3 N–H and O–H groups in total. The number of rotatable bonds is 4. The Morgan fingerprint density at radius 3 is 2.67 bits per heavy atom. The SMILES string of the molecule is C#CC(CCc1c(C)nn(C)c1C)NN. The summed E-state index contributed by atoms with van der Waals surface area (Å²) in [6.07, 6.45) is 7.06. The van der Waals surface area contributed by atoms with Gasteiger partial charge in [0, 0.05) is 12.7 Å². The molecule has 15 heavy (non-hydrogen) atoms. The number of aromatic nitrogens is 2. The molecule has 1 aromatic rings. The number of hydrogen-bond acceptors (Lipinski definition) is 3. The van der Waals surface area contributed by atoms with Crippen molar-refractivity contribution in [1.29, 1.82) is 0 Å². The molecule has 0 aliphatic carbocycles. The van der Waals surface area contributed by atoms with Crippen LogP contribution in [0.2, 0.25) is 0 Å². The molecule has 0 fully saturated rings. The number of nitrogens with zero attached hydrogens (tertiary/aromatic N) is 2. The summed E-state index contributed by atoms with van der Waals surface area (Å²) in [4.78, 5) is 0. The largest absolute Gasteiger partial charge is 0.272 e. The zero-order valence-corrected chi connectivity index (χ0v) is 9.54. The topological polar surface area (TPSA) is 55.9 Å². The van der Waals surface area contributed by atoms with Gasteiger partial charge in [0.2, 0.25) is 0 Å². The number of nitrogens with two attached hydrogens (primary N) is 1. The minimum absolute atomic E-state index is 0.0657. The molecule has 1 aromatic heterocycles. The van der Waals surface area contributed by atoms with Crippen molar-refractivity contribution in [3.05, 3.63) is 17.0 Å². The fourth-order valence-corrected chi connectivity index (χ4v) is 1.68. The second-order valence-corrected chi connectivity index (χ2v) is 3.70. The highest BCUT2D eigenvalue weighted by atomic mass is 15.3. The van der Waals surface area contributed by atoms with Crippen molar-refractivity contribution >= 4 is 0 Å². The molecule has 0 aliphatic rings. The van der Waals surface area contributed by atoms with Gasteiger partial charge in [-0.25, -0.2) is 5.43 Å². The van der Waals surface area contributed by atoms with E-state index >= 15 is 0 Å². The van der Waals surface area contributed by atoms with Gasteiger partial charge >= 0.3 is 0 Å². The Morgan fingerprint density at radius 2 is 2.27 bits per heavy atom. The lowest BCUT2D eigenvalue weighted by Gasteiger charge is -2.08. The molecule has 4 heteroatoms. The second kappa shape index (κ2) is 4.96. The summed E-state index contributed by atoms with van der Waals surface area (Å²) in [5.41, 5.74) is 6.14. The van der Waals surface area contributed by atoms with Crippen LogP contribution in [0.4, 0.5) is 0 Å². The third-order valence-electron chi connectivity index (χ3n) is 2.74. The number of hydrogen-bond donors (Lipinski definition) is 2. The molecular weight excluding hydrogens is 188 g/mol. The third kappa shape index (κ3) is 2.58. The van der Waals surface area contributed by atoms with Crippen LogP contribution in [-0.4, -0.2) is 15.8 Å². The molecule has 0 radical (unpaired) electrons. The predicted molar refractivity (Wildman–Crippen MR) is 60.9 cm³/mol. The Kier molecular flexibility index (Phi) is 3.89. The maximum absolute atomic E-state index is 5.32. The number of aryl methyl sites for hydroxylation is 2. The van der Waals surface area contributed by atoms with E-state index < -0.39 is 0 Å². The van der Waals surface area contributed by atoms with E-state index in [1.165, 1.54) is 11.3 Å². The second-order valence-electron chi connectivity index (χ2n) is 3.70. The van der Waals surface area contributed by atoms with Gasteiger partial charge in [-0.05, 0) is 32.3 Å². The highest BCUT2D eigenvalue weighted by molar-refractivity contribution is 5.24. The summed E-state index contributed by atoms with van der Waals surface area (Å²) in [5.74, 6) is 7.92. The smallest absolute Gasteiger partial charge is 0.0818 e. The van der Waals surface area contributed by atoms with Crippen molar-refractivity contribution in [1.82, 2.24) is 15.2 Å². The first kappa shape index (κ1) is 11.8. The van der Waals surface area contributed by atoms with Gasteiger partial charge in [0.25, 0.3) is 0 Å². The number of hydrazine groups is 1. The Bertz CT molecular complexity index is 373. The van der Waals surface area contributed by atoms with E-state index in [0.717, 1.165) is 18.5 Å². The van der Waals surface area contributed by atoms with Gasteiger partial charge in [0.15, 0.2) is 0 Å². The summed E-state index contributed by atoms with van der Waals surface area (Å²) >= 11 is 0. The Hall–Kier alpha value is -1.31. The van der Waals surface area contributed by atoms with Crippen LogP contribution in [0.25, 0.3) is 0 Å². The van der Waals surface area contributed by atoms with E-state index in [-0.39, 0.29) is 6.04 Å². The quantitative estimate of drug-likeness (QED) is 0.427. The fraction of sp³-hybridized carbons (Fsp3) is 0.545. The van der Waals surface area contributed by atoms with Crippen molar-refractivity contribution in [2.24, 2.45) is 12.9 Å². The Labute approximate surface area is 90.8 Å². The van der Waals surface area contributed by atoms with E-state index in [1.54, 1.807) is 0 Å². The molecule has 0 aromatic carbocycles. The fourth-order valence-electron chi connectivity index (χ4n) is 1.68. The standard InChI is InChI=1S/C11H18N4/c1-5-10(13-12)6-7-11-8(2)14-15(4)9(11)3/h1,10,13H,6-7,12H2,2-4H3. The highest BCUT2D eigenvalue weighted by Gasteiger charge is 2.10. The van der Waals surface area contributed by atoms with Crippen molar-refractivity contribution in [3.63, 3.8) is 0 Å². The molecule has 0 saturated carbocycles. The first-order valence-corrected chi connectivity index (χ1v) is 5.01. The molecule has 1 atom stereocenters. The van der Waals surface area contributed by atoms with Crippen LogP contribution in [0, 0.1) is 26.2 Å². The van der Waals surface area contributed by atoms with Gasteiger partial charge < -0.3 is 0 Å². The Morgan fingerprint density at radius 1 is 1.60 bits per heavy atom. The first-order chi connectivity index (χ1) is 7.10. The van der Waals surface area contributed by atoms with Gasteiger partial charge in [0.05, 0.1) is 11.7 Å². The van der Waals surface area contributed by atoms with Crippen LogP contribution in [0.15, 0.2) is 0 Å². The lowest BCUT2D eigenvalue weighted by molar-refractivity contribution is 0.590. The molecule has 0 spiro atoms. The minimum Gasteiger partial charge on any atom is -0.272 e. The van der Waals surface area contributed by atoms with E-state index in [9.17, 15) is 0 Å². The molecule has 1 unspecified atom stereocenters. The van der Waals surface area contributed by atoms with Crippen LogP contribution in [0.3, 0.4) is 0 Å². The first-order valence-electron chi connectivity index (χ1n) is 5.01. The molecule has 0 aliphatic heterocycles. The van der Waals surface area contributed by atoms with Crippen molar-refractivity contribution in [3.8, 4) is 12.3 Å². The molecule has 0 amide bonds. The summed E-state index contributed by atoms with van der Waals surface area (Å²) in [7, 11) is 1.95. The number of terminal acetylenes is 1. The Balaban J connectivity index is 2.69. The average molecular weight is 206 g/mol. The van der Waals surface area contributed by atoms with E-state index in [0.29, 0.717) is 0 Å². The van der Waals surface area contributed by atoms with E-state index in [4.69, 9.17) is 12.3 Å². The van der Waals surface area contributed by atoms with Crippen molar-refractivity contribution in [2.75, 3.05) is 0 Å². The van der Waals surface area contributed by atoms with Crippen LogP contribution in [0.1, 0.15) is 23.4 Å². The van der Waals surface area contributed by atoms with E-state index in [1.807, 2.05) is 18.7 Å². The molecule has 4 nitrogen and oxygen atoms in total. The summed E-state index contributed by atoms with van der Waals surface area (Å²) in [5, 5.41) is 4.35. The zero-order chi connectivity index (χ0) is 11.4. The third-order valence-corrected chi connectivity index (χ3v) is 2.74. The van der Waals surface area contributed by atoms with E-state index in [2.05, 4.69) is 23.4 Å². The van der Waals surface area contributed by atoms with Gasteiger partial charge in [0.1, 0.15) is 0 Å². The van der Waals surface area contributed by atoms with Crippen molar-refractivity contribution in [2.45, 2.75) is 32.7 Å². The molecule has 1 rings (SSSR count). The van der Waals surface area contributed by atoms with Crippen LogP contribution in [0.5, 0.6) is 0 Å².